The van der Waals surface area contributed by atoms with E-state index < -0.39 is 12.0 Å². The monoisotopic (exact) mass is 244 g/mol. The molecule has 0 aliphatic carbocycles. The zero-order chi connectivity index (χ0) is 12.8. The summed E-state index contributed by atoms with van der Waals surface area (Å²) >= 11 is 0. The summed E-state index contributed by atoms with van der Waals surface area (Å²) in [5.41, 5.74) is 0. The van der Waals surface area contributed by atoms with Crippen molar-refractivity contribution in [3.05, 3.63) is 0 Å². The summed E-state index contributed by atoms with van der Waals surface area (Å²) in [7, 11) is 0. The summed E-state index contributed by atoms with van der Waals surface area (Å²) in [4.78, 5) is 24.0. The smallest absolute Gasteiger partial charge is 0.326 e. The number of rotatable bonds is 5. The maximum atomic E-state index is 11.7. The lowest BCUT2D eigenvalue weighted by Crippen LogP contribution is -2.46. The molecule has 98 valence electrons. The van der Waals surface area contributed by atoms with E-state index in [0.717, 1.165) is 6.42 Å². The molecule has 0 radical (unpaired) electrons. The van der Waals surface area contributed by atoms with Crippen molar-refractivity contribution in [3.63, 3.8) is 0 Å². The maximum absolute atomic E-state index is 11.7. The highest BCUT2D eigenvalue weighted by Gasteiger charge is 2.33. The van der Waals surface area contributed by atoms with Gasteiger partial charge in [0.2, 0.25) is 0 Å². The number of carboxylic acids is 1. The number of hydrogen-bond acceptors (Lipinski definition) is 3. The molecule has 17 heavy (non-hydrogen) atoms. The van der Waals surface area contributed by atoms with Crippen molar-refractivity contribution in [1.82, 2.24) is 10.2 Å². The highest BCUT2D eigenvalue weighted by Crippen LogP contribution is 2.16. The summed E-state index contributed by atoms with van der Waals surface area (Å²) in [5, 5.41) is 11.6. The quantitative estimate of drug-likeness (QED) is 0.697. The number of amides is 2. The predicted molar refractivity (Wildman–Crippen MR) is 61.9 cm³/mol. The Morgan fingerprint density at radius 1 is 1.53 bits per heavy atom. The Labute approximate surface area is 101 Å². The Bertz CT molecular complexity index is 281. The Kier molecular flexibility index (Phi) is 5.21. The Balaban J connectivity index is 2.29. The number of ether oxygens (including phenoxy) is 1. The summed E-state index contributed by atoms with van der Waals surface area (Å²) < 4.78 is 5.28. The summed E-state index contributed by atoms with van der Waals surface area (Å²) in [6, 6.07) is -0.997. The van der Waals surface area contributed by atoms with Gasteiger partial charge < -0.3 is 20.1 Å². The molecule has 1 saturated heterocycles. The van der Waals surface area contributed by atoms with Gasteiger partial charge >= 0.3 is 12.0 Å². The first-order valence-corrected chi connectivity index (χ1v) is 5.91. The van der Waals surface area contributed by atoms with Gasteiger partial charge in [-0.1, -0.05) is 0 Å². The van der Waals surface area contributed by atoms with Gasteiger partial charge in [0.15, 0.2) is 0 Å². The van der Waals surface area contributed by atoms with E-state index in [1.165, 1.54) is 4.90 Å². The number of carbonyl (C=O) groups excluding carboxylic acids is 1. The largest absolute Gasteiger partial charge is 0.480 e. The van der Waals surface area contributed by atoms with Crippen LogP contribution in [-0.4, -0.2) is 53.8 Å². The number of aliphatic carboxylic acids is 1. The highest BCUT2D eigenvalue weighted by molar-refractivity contribution is 5.83. The van der Waals surface area contributed by atoms with Gasteiger partial charge in [0.1, 0.15) is 6.04 Å². The average molecular weight is 244 g/mol. The third kappa shape index (κ3) is 4.22. The van der Waals surface area contributed by atoms with Crippen LogP contribution in [-0.2, 0) is 9.53 Å². The first kappa shape index (κ1) is 13.8. The Morgan fingerprint density at radius 2 is 2.24 bits per heavy atom. The molecule has 2 N–H and O–H groups in total. The molecular weight excluding hydrogens is 224 g/mol. The normalized spacial score (nSPS) is 19.7. The maximum Gasteiger partial charge on any atom is 0.326 e. The van der Waals surface area contributed by atoms with Crippen molar-refractivity contribution in [2.24, 2.45) is 0 Å². The van der Waals surface area contributed by atoms with Crippen LogP contribution in [0.25, 0.3) is 0 Å². The molecule has 0 aromatic rings. The van der Waals surface area contributed by atoms with Crippen molar-refractivity contribution in [2.45, 2.75) is 38.8 Å². The van der Waals surface area contributed by atoms with Crippen LogP contribution < -0.4 is 5.32 Å². The zero-order valence-corrected chi connectivity index (χ0v) is 10.3. The van der Waals surface area contributed by atoms with Gasteiger partial charge in [0.25, 0.3) is 0 Å². The zero-order valence-electron chi connectivity index (χ0n) is 10.3. The van der Waals surface area contributed by atoms with Crippen LogP contribution in [0.3, 0.4) is 0 Å². The molecule has 0 aromatic heterocycles. The number of nitrogens with one attached hydrogen (secondary N) is 1. The minimum absolute atomic E-state index is 0.130. The third-order valence-electron chi connectivity index (χ3n) is 2.63. The summed E-state index contributed by atoms with van der Waals surface area (Å²) in [6.07, 6.45) is 1.41. The van der Waals surface area contributed by atoms with E-state index in [9.17, 15) is 9.59 Å². The number of carbonyl (C=O) groups is 2. The van der Waals surface area contributed by atoms with Gasteiger partial charge in [0.05, 0.1) is 12.7 Å². The number of nitrogens with zero attached hydrogens (tertiary/aromatic N) is 1. The molecule has 0 aromatic carbocycles. The summed E-state index contributed by atoms with van der Waals surface area (Å²) in [5.74, 6) is -0.934. The second-order valence-electron chi connectivity index (χ2n) is 4.34. The van der Waals surface area contributed by atoms with Crippen LogP contribution in [0.1, 0.15) is 26.7 Å². The molecule has 0 bridgehead atoms. The second kappa shape index (κ2) is 6.44. The number of likely N-dealkylation sites (tertiary alicyclic amines) is 1. The molecule has 6 heteroatoms. The van der Waals surface area contributed by atoms with Crippen molar-refractivity contribution < 1.29 is 19.4 Å². The molecule has 1 fully saturated rings. The van der Waals surface area contributed by atoms with Crippen LogP contribution >= 0.6 is 0 Å². The van der Waals surface area contributed by atoms with Gasteiger partial charge in [-0.15, -0.1) is 0 Å². The molecular formula is C11H20N2O4. The van der Waals surface area contributed by atoms with Crippen LogP contribution in [0.15, 0.2) is 0 Å². The molecule has 0 saturated carbocycles. The van der Waals surface area contributed by atoms with Crippen molar-refractivity contribution in [3.8, 4) is 0 Å². The van der Waals surface area contributed by atoms with E-state index in [-0.39, 0.29) is 12.1 Å². The molecule has 1 heterocycles. The van der Waals surface area contributed by atoms with Crippen molar-refractivity contribution in [2.75, 3.05) is 19.7 Å². The lowest BCUT2D eigenvalue weighted by atomic mass is 10.2. The lowest BCUT2D eigenvalue weighted by Gasteiger charge is -2.21. The number of hydrogen-bond donors (Lipinski definition) is 2. The van der Waals surface area contributed by atoms with Crippen LogP contribution in [0.4, 0.5) is 4.79 Å². The first-order valence-electron chi connectivity index (χ1n) is 5.91. The molecule has 0 spiro atoms. The molecule has 1 rings (SSSR count). The molecule has 1 aliphatic heterocycles. The van der Waals surface area contributed by atoms with Gasteiger partial charge in [0, 0.05) is 13.1 Å². The Morgan fingerprint density at radius 3 is 2.82 bits per heavy atom. The van der Waals surface area contributed by atoms with E-state index in [4.69, 9.17) is 9.84 Å². The number of carboxylic acid groups (broad SMARTS) is 1. The van der Waals surface area contributed by atoms with Crippen molar-refractivity contribution in [1.29, 1.82) is 0 Å². The lowest BCUT2D eigenvalue weighted by molar-refractivity contribution is -0.141. The average Bonchev–Trinajstić information content (AvgIpc) is 2.72. The van der Waals surface area contributed by atoms with Crippen LogP contribution in [0.2, 0.25) is 0 Å². The standard InChI is InChI=1S/C11H20N2O4/c1-8(2)17-7-5-12-11(16)13-6-3-4-9(13)10(14)15/h8-9H,3-7H2,1-2H3,(H,12,16)(H,14,15). The van der Waals surface area contributed by atoms with Crippen LogP contribution in [0, 0.1) is 0 Å². The fourth-order valence-corrected chi connectivity index (χ4v) is 1.82. The second-order valence-corrected chi connectivity index (χ2v) is 4.34. The molecule has 2 amide bonds. The van der Waals surface area contributed by atoms with E-state index in [2.05, 4.69) is 5.32 Å². The highest BCUT2D eigenvalue weighted by atomic mass is 16.5. The minimum Gasteiger partial charge on any atom is -0.480 e. The van der Waals surface area contributed by atoms with Gasteiger partial charge in [-0.25, -0.2) is 9.59 Å². The first-order chi connectivity index (χ1) is 8.02. The van der Waals surface area contributed by atoms with Gasteiger partial charge in [-0.2, -0.15) is 0 Å². The molecule has 6 nitrogen and oxygen atoms in total. The fraction of sp³-hybridized carbons (Fsp3) is 0.818. The summed E-state index contributed by atoms with van der Waals surface area (Å²) in [6.45, 7) is 5.19. The van der Waals surface area contributed by atoms with Crippen molar-refractivity contribution >= 4 is 12.0 Å². The van der Waals surface area contributed by atoms with E-state index in [1.807, 2.05) is 13.8 Å². The minimum atomic E-state index is -0.934. The van der Waals surface area contributed by atoms with E-state index in [0.29, 0.717) is 26.1 Å². The van der Waals surface area contributed by atoms with E-state index in [1.54, 1.807) is 0 Å². The van der Waals surface area contributed by atoms with Crippen LogP contribution in [0.5, 0.6) is 0 Å². The topological polar surface area (TPSA) is 78.9 Å². The van der Waals surface area contributed by atoms with Gasteiger partial charge in [-0.3, -0.25) is 0 Å². The Hall–Kier alpha value is -1.30. The number of urea groups is 1. The van der Waals surface area contributed by atoms with Gasteiger partial charge in [-0.05, 0) is 26.7 Å². The molecule has 1 aliphatic rings. The molecule has 1 atom stereocenters. The third-order valence-corrected chi connectivity index (χ3v) is 2.63. The molecule has 1 unspecified atom stereocenters. The predicted octanol–water partition coefficient (Wildman–Crippen LogP) is 0.670. The van der Waals surface area contributed by atoms with E-state index >= 15 is 0 Å². The fourth-order valence-electron chi connectivity index (χ4n) is 1.82. The SMILES string of the molecule is CC(C)OCCNC(=O)N1CCCC1C(=O)O.